The van der Waals surface area contributed by atoms with E-state index in [0.717, 1.165) is 5.56 Å². The number of halogens is 1. The fraction of sp³-hybridized carbons (Fsp3) is 0.192. The molecule has 1 aromatic heterocycles. The Morgan fingerprint density at radius 1 is 1.12 bits per heavy atom. The van der Waals surface area contributed by atoms with Gasteiger partial charge in [-0.05, 0) is 48.4 Å². The van der Waals surface area contributed by atoms with Crippen LogP contribution in [0.3, 0.4) is 0 Å². The molecule has 174 valence electrons. The van der Waals surface area contributed by atoms with Gasteiger partial charge < -0.3 is 15.0 Å². The first kappa shape index (κ1) is 23.0. The third-order valence-corrected chi connectivity index (χ3v) is 5.55. The molecule has 4 aromatic rings. The Morgan fingerprint density at radius 2 is 1.91 bits per heavy atom. The average molecular weight is 461 g/mol. The quantitative estimate of drug-likeness (QED) is 0.428. The maximum absolute atomic E-state index is 13.7. The number of nitrogens with zero attached hydrogens (tertiary/aromatic N) is 2. The van der Waals surface area contributed by atoms with Gasteiger partial charge in [-0.25, -0.2) is 4.39 Å². The van der Waals surface area contributed by atoms with E-state index in [-0.39, 0.29) is 17.6 Å². The molecular weight excluding hydrogens is 435 g/mol. The summed E-state index contributed by atoms with van der Waals surface area (Å²) in [4.78, 5) is 26.9. The summed E-state index contributed by atoms with van der Waals surface area (Å²) < 4.78 is 19.5. The minimum atomic E-state index is -0.340. The highest BCUT2D eigenvalue weighted by Crippen LogP contribution is 2.32. The van der Waals surface area contributed by atoms with Gasteiger partial charge in [-0.3, -0.25) is 14.7 Å². The van der Waals surface area contributed by atoms with Crippen LogP contribution in [0.2, 0.25) is 0 Å². The van der Waals surface area contributed by atoms with Crippen molar-refractivity contribution in [1.82, 2.24) is 20.4 Å². The van der Waals surface area contributed by atoms with E-state index in [2.05, 4.69) is 15.5 Å². The number of H-pyrrole nitrogens is 1. The normalized spacial score (nSPS) is 10.8. The standard InChI is InChI=1S/C26H25FN4O3/c1-4-34-22-14-17(11-12-20(22)16-7-5-9-19(27)13-16)26(33)31(3)15-18-8-6-10-21-23(18)29-30-24(21)25(32)28-2/h5-14H,4,15H2,1-3H3,(H,28,32)(H,29,30). The van der Waals surface area contributed by atoms with Crippen LogP contribution in [0.25, 0.3) is 22.0 Å². The van der Waals surface area contributed by atoms with Gasteiger partial charge in [0.25, 0.3) is 11.8 Å². The summed E-state index contributed by atoms with van der Waals surface area (Å²) in [7, 11) is 3.26. The molecule has 0 spiro atoms. The lowest BCUT2D eigenvalue weighted by molar-refractivity contribution is 0.0785. The summed E-state index contributed by atoms with van der Waals surface area (Å²) in [6.45, 7) is 2.57. The number of aromatic nitrogens is 2. The molecule has 8 heteroatoms. The SMILES string of the molecule is CCOc1cc(C(=O)N(C)Cc2cccc3c(C(=O)NC)n[nH]c23)ccc1-c1cccc(F)c1. The zero-order valence-electron chi connectivity index (χ0n) is 19.2. The van der Waals surface area contributed by atoms with Crippen molar-refractivity contribution in [2.75, 3.05) is 20.7 Å². The fourth-order valence-electron chi connectivity index (χ4n) is 3.90. The molecule has 0 fully saturated rings. The van der Waals surface area contributed by atoms with Crippen molar-refractivity contribution in [3.8, 4) is 16.9 Å². The summed E-state index contributed by atoms with van der Waals surface area (Å²) in [6, 6.07) is 16.9. The molecule has 0 aliphatic rings. The van der Waals surface area contributed by atoms with E-state index in [4.69, 9.17) is 4.74 Å². The van der Waals surface area contributed by atoms with Crippen molar-refractivity contribution >= 4 is 22.7 Å². The van der Waals surface area contributed by atoms with Crippen molar-refractivity contribution in [1.29, 1.82) is 0 Å². The predicted molar refractivity (Wildman–Crippen MR) is 128 cm³/mol. The van der Waals surface area contributed by atoms with Gasteiger partial charge in [-0.15, -0.1) is 0 Å². The average Bonchev–Trinajstić information content (AvgIpc) is 3.28. The zero-order chi connectivity index (χ0) is 24.2. The van der Waals surface area contributed by atoms with Crippen LogP contribution in [0.15, 0.2) is 60.7 Å². The van der Waals surface area contributed by atoms with Crippen molar-refractivity contribution in [3.05, 3.63) is 83.3 Å². The van der Waals surface area contributed by atoms with Crippen LogP contribution in [0.5, 0.6) is 5.75 Å². The molecule has 4 rings (SSSR count). The summed E-state index contributed by atoms with van der Waals surface area (Å²) in [6.07, 6.45) is 0. The van der Waals surface area contributed by atoms with Crippen molar-refractivity contribution in [2.24, 2.45) is 0 Å². The number of hydrogen-bond acceptors (Lipinski definition) is 4. The summed E-state index contributed by atoms with van der Waals surface area (Å²) >= 11 is 0. The number of hydrogen-bond donors (Lipinski definition) is 2. The Labute approximate surface area is 196 Å². The number of para-hydroxylation sites is 1. The first-order valence-corrected chi connectivity index (χ1v) is 10.9. The Hall–Kier alpha value is -4.20. The molecule has 0 aliphatic carbocycles. The molecule has 1 heterocycles. The molecular formula is C26H25FN4O3. The molecule has 3 aromatic carbocycles. The molecule has 0 radical (unpaired) electrons. The molecule has 0 saturated carbocycles. The molecule has 0 unspecified atom stereocenters. The second kappa shape index (κ2) is 9.74. The third kappa shape index (κ3) is 4.47. The van der Waals surface area contributed by atoms with E-state index in [0.29, 0.717) is 52.2 Å². The van der Waals surface area contributed by atoms with Crippen LogP contribution in [0, 0.1) is 5.82 Å². The second-order valence-electron chi connectivity index (χ2n) is 7.81. The minimum Gasteiger partial charge on any atom is -0.493 e. The lowest BCUT2D eigenvalue weighted by atomic mass is 10.0. The van der Waals surface area contributed by atoms with E-state index in [1.165, 1.54) is 12.1 Å². The lowest BCUT2D eigenvalue weighted by Gasteiger charge is -2.19. The number of amides is 2. The number of rotatable bonds is 7. The number of benzene rings is 3. The van der Waals surface area contributed by atoms with Gasteiger partial charge >= 0.3 is 0 Å². The topological polar surface area (TPSA) is 87.3 Å². The summed E-state index contributed by atoms with van der Waals surface area (Å²) in [5.41, 5.74) is 3.68. The Morgan fingerprint density at radius 3 is 2.65 bits per heavy atom. The van der Waals surface area contributed by atoms with Gasteiger partial charge in [0, 0.05) is 37.2 Å². The molecule has 0 bridgehead atoms. The van der Waals surface area contributed by atoms with Crippen LogP contribution in [0.1, 0.15) is 33.3 Å². The van der Waals surface area contributed by atoms with Gasteiger partial charge in [-0.2, -0.15) is 5.10 Å². The maximum atomic E-state index is 13.7. The smallest absolute Gasteiger partial charge is 0.272 e. The molecule has 2 N–H and O–H groups in total. The van der Waals surface area contributed by atoms with Gasteiger partial charge in [0.15, 0.2) is 5.69 Å². The fourth-order valence-corrected chi connectivity index (χ4v) is 3.90. The highest BCUT2D eigenvalue weighted by atomic mass is 19.1. The van der Waals surface area contributed by atoms with E-state index in [9.17, 15) is 14.0 Å². The number of ether oxygens (including phenoxy) is 1. The largest absolute Gasteiger partial charge is 0.493 e. The number of carbonyl (C=O) groups excluding carboxylic acids is 2. The maximum Gasteiger partial charge on any atom is 0.272 e. The van der Waals surface area contributed by atoms with Gasteiger partial charge in [-0.1, -0.05) is 30.3 Å². The van der Waals surface area contributed by atoms with E-state index >= 15 is 0 Å². The van der Waals surface area contributed by atoms with Crippen LogP contribution in [-0.2, 0) is 6.54 Å². The van der Waals surface area contributed by atoms with Crippen LogP contribution in [-0.4, -0.2) is 47.6 Å². The summed E-state index contributed by atoms with van der Waals surface area (Å²) in [5.74, 6) is -0.310. The van der Waals surface area contributed by atoms with Crippen molar-refractivity contribution < 1.29 is 18.7 Å². The Bertz CT molecular complexity index is 1370. The zero-order valence-corrected chi connectivity index (χ0v) is 19.2. The molecule has 34 heavy (non-hydrogen) atoms. The number of carbonyl (C=O) groups is 2. The van der Waals surface area contributed by atoms with Gasteiger partial charge in [0.2, 0.25) is 0 Å². The lowest BCUT2D eigenvalue weighted by Crippen LogP contribution is -2.26. The second-order valence-corrected chi connectivity index (χ2v) is 7.81. The monoisotopic (exact) mass is 460 g/mol. The van der Waals surface area contributed by atoms with Crippen LogP contribution < -0.4 is 10.1 Å². The Kier molecular flexibility index (Phi) is 6.58. The molecule has 0 saturated heterocycles. The van der Waals surface area contributed by atoms with Crippen LogP contribution >= 0.6 is 0 Å². The first-order chi connectivity index (χ1) is 16.4. The molecule has 0 atom stereocenters. The number of nitrogens with one attached hydrogen (secondary N) is 2. The predicted octanol–water partition coefficient (Wildman–Crippen LogP) is 4.40. The van der Waals surface area contributed by atoms with Crippen molar-refractivity contribution in [3.63, 3.8) is 0 Å². The third-order valence-electron chi connectivity index (χ3n) is 5.55. The minimum absolute atomic E-state index is 0.199. The highest BCUT2D eigenvalue weighted by molar-refractivity contribution is 6.05. The molecule has 0 aliphatic heterocycles. The van der Waals surface area contributed by atoms with E-state index in [1.807, 2.05) is 25.1 Å². The number of fused-ring (bicyclic) bond motifs is 1. The van der Waals surface area contributed by atoms with E-state index < -0.39 is 0 Å². The summed E-state index contributed by atoms with van der Waals surface area (Å²) in [5, 5.41) is 10.3. The highest BCUT2D eigenvalue weighted by Gasteiger charge is 2.19. The molecule has 7 nitrogen and oxygen atoms in total. The van der Waals surface area contributed by atoms with Crippen LogP contribution in [0.4, 0.5) is 4.39 Å². The van der Waals surface area contributed by atoms with Gasteiger partial charge in [0.05, 0.1) is 12.1 Å². The van der Waals surface area contributed by atoms with Crippen molar-refractivity contribution in [2.45, 2.75) is 13.5 Å². The number of aromatic amines is 1. The first-order valence-electron chi connectivity index (χ1n) is 10.9. The van der Waals surface area contributed by atoms with E-state index in [1.54, 1.807) is 49.3 Å². The molecule has 2 amide bonds. The van der Waals surface area contributed by atoms with Gasteiger partial charge in [0.1, 0.15) is 11.6 Å². The Balaban J connectivity index is 1.61.